The van der Waals surface area contributed by atoms with Crippen molar-refractivity contribution in [2.45, 2.75) is 31.8 Å². The molecule has 1 aromatic heterocycles. The minimum atomic E-state index is -4.39. The second-order valence-corrected chi connectivity index (χ2v) is 6.96. The van der Waals surface area contributed by atoms with Gasteiger partial charge in [0.2, 0.25) is 0 Å². The Morgan fingerprint density at radius 2 is 1.93 bits per heavy atom. The second kappa shape index (κ2) is 7.83. The van der Waals surface area contributed by atoms with Crippen LogP contribution >= 0.6 is 11.6 Å². The highest BCUT2D eigenvalue weighted by Crippen LogP contribution is 2.29. The smallest absolute Gasteiger partial charge is 0.387 e. The summed E-state index contributed by atoms with van der Waals surface area (Å²) in [4.78, 5) is 15.3. The van der Waals surface area contributed by atoms with E-state index in [2.05, 4.69) is 4.98 Å². The summed E-state index contributed by atoms with van der Waals surface area (Å²) < 4.78 is 39.0. The summed E-state index contributed by atoms with van der Waals surface area (Å²) in [5.74, 6) is -0.422. The fourth-order valence-corrected chi connectivity index (χ4v) is 2.94. The van der Waals surface area contributed by atoms with Crippen molar-refractivity contribution in [1.82, 2.24) is 14.5 Å². The summed E-state index contributed by atoms with van der Waals surface area (Å²) in [5.41, 5.74) is -1.38. The average molecular weight is 407 g/mol. The number of imidazole rings is 1. The molecule has 1 heterocycles. The van der Waals surface area contributed by atoms with Crippen molar-refractivity contribution in [3.8, 4) is 0 Å². The van der Waals surface area contributed by atoms with E-state index in [1.54, 1.807) is 11.9 Å². The Bertz CT molecular complexity index is 806. The highest BCUT2D eigenvalue weighted by Gasteiger charge is 2.30. The van der Waals surface area contributed by atoms with E-state index in [9.17, 15) is 28.4 Å². The van der Waals surface area contributed by atoms with E-state index in [0.717, 1.165) is 18.3 Å². The maximum absolute atomic E-state index is 12.6. The second-order valence-electron chi connectivity index (χ2n) is 6.62. The highest BCUT2D eigenvalue weighted by molar-refractivity contribution is 6.28. The number of aliphatic hydroxyl groups is 1. The molecule has 0 aliphatic carbocycles. The number of alkyl halides is 3. The Hall–Kier alpha value is -2.17. The summed E-state index contributed by atoms with van der Waals surface area (Å²) in [7, 11) is 1.70. The minimum Gasteiger partial charge on any atom is -0.387 e. The first-order chi connectivity index (χ1) is 12.4. The number of rotatable bonds is 7. The molecule has 0 bridgehead atoms. The van der Waals surface area contributed by atoms with Crippen LogP contribution in [0.5, 0.6) is 0 Å². The van der Waals surface area contributed by atoms with Gasteiger partial charge in [-0.2, -0.15) is 13.2 Å². The lowest BCUT2D eigenvalue weighted by atomic mass is 10.1. The number of benzene rings is 1. The molecule has 0 unspecified atom stereocenters. The van der Waals surface area contributed by atoms with E-state index in [0.29, 0.717) is 12.1 Å². The van der Waals surface area contributed by atoms with Crippen LogP contribution in [0.2, 0.25) is 5.28 Å². The molecule has 2 aromatic rings. The van der Waals surface area contributed by atoms with Crippen molar-refractivity contribution in [1.29, 1.82) is 0 Å². The zero-order valence-corrected chi connectivity index (χ0v) is 15.3. The number of aromatic nitrogens is 2. The topological polar surface area (TPSA) is 84.4 Å². The van der Waals surface area contributed by atoms with Gasteiger partial charge in [-0.05, 0) is 53.2 Å². The van der Waals surface area contributed by atoms with Crippen LogP contribution in [0.4, 0.5) is 19.0 Å². The molecule has 1 aromatic carbocycles. The van der Waals surface area contributed by atoms with Crippen molar-refractivity contribution < 1.29 is 23.2 Å². The van der Waals surface area contributed by atoms with Gasteiger partial charge in [0.05, 0.1) is 17.7 Å². The van der Waals surface area contributed by atoms with E-state index in [1.807, 2.05) is 0 Å². The fraction of sp³-hybridized carbons (Fsp3) is 0.438. The summed E-state index contributed by atoms with van der Waals surface area (Å²) in [6.45, 7) is 1.95. The van der Waals surface area contributed by atoms with Crippen molar-refractivity contribution in [3.63, 3.8) is 0 Å². The normalized spacial score (nSPS) is 14.4. The van der Waals surface area contributed by atoms with Crippen molar-refractivity contribution in [3.05, 3.63) is 57.0 Å². The zero-order chi connectivity index (χ0) is 20.4. The SMILES string of the molecule is CN(Cc1ccc(C(F)(F)F)cc1)C[C@](C)(O)Cn1cc([N+](=O)[O-])nc1Cl. The molecule has 0 fully saturated rings. The van der Waals surface area contributed by atoms with E-state index >= 15 is 0 Å². The summed E-state index contributed by atoms with van der Waals surface area (Å²) >= 11 is 5.84. The molecule has 1 N–H and O–H groups in total. The minimum absolute atomic E-state index is 0.0377. The molecule has 0 radical (unpaired) electrons. The molecular weight excluding hydrogens is 389 g/mol. The molecule has 148 valence electrons. The molecule has 0 aliphatic heterocycles. The number of likely N-dealkylation sites (N-methyl/N-ethyl adjacent to an activating group) is 1. The van der Waals surface area contributed by atoms with Gasteiger partial charge >= 0.3 is 17.3 Å². The summed E-state index contributed by atoms with van der Waals surface area (Å²) in [6.07, 6.45) is -3.26. The van der Waals surface area contributed by atoms with Crippen LogP contribution in [0, 0.1) is 10.1 Å². The Balaban J connectivity index is 1.99. The number of nitro groups is 1. The predicted octanol–water partition coefficient (Wildman–Crippen LogP) is 3.35. The number of hydrogen-bond donors (Lipinski definition) is 1. The van der Waals surface area contributed by atoms with Gasteiger partial charge in [-0.15, -0.1) is 0 Å². The Labute approximate surface area is 158 Å². The van der Waals surface area contributed by atoms with E-state index < -0.39 is 28.1 Å². The standard InChI is InChI=1S/C16H18ClF3N4O3/c1-15(25,10-23-8-13(24(26)27)21-14(23)17)9-22(2)7-11-3-5-12(6-4-11)16(18,19)20/h3-6,8,25H,7,9-10H2,1-2H3/t15-/m0/s1. The van der Waals surface area contributed by atoms with Gasteiger partial charge < -0.3 is 15.2 Å². The van der Waals surface area contributed by atoms with Crippen LogP contribution in [0.15, 0.2) is 30.5 Å². The van der Waals surface area contributed by atoms with E-state index in [1.165, 1.54) is 23.6 Å². The number of hydrogen-bond acceptors (Lipinski definition) is 5. The molecule has 0 spiro atoms. The maximum atomic E-state index is 12.6. The first-order valence-electron chi connectivity index (χ1n) is 7.81. The number of halogens is 4. The highest BCUT2D eigenvalue weighted by atomic mass is 35.5. The predicted molar refractivity (Wildman–Crippen MR) is 92.3 cm³/mol. The van der Waals surface area contributed by atoms with Crippen LogP contribution in [0.3, 0.4) is 0 Å². The van der Waals surface area contributed by atoms with Crippen molar-refractivity contribution >= 4 is 17.4 Å². The monoisotopic (exact) mass is 406 g/mol. The molecule has 2 rings (SSSR count). The van der Waals surface area contributed by atoms with Gasteiger partial charge in [-0.3, -0.25) is 9.47 Å². The molecule has 1 atom stereocenters. The van der Waals surface area contributed by atoms with E-state index in [4.69, 9.17) is 11.6 Å². The largest absolute Gasteiger partial charge is 0.416 e. The Morgan fingerprint density at radius 3 is 2.41 bits per heavy atom. The van der Waals surface area contributed by atoms with E-state index in [-0.39, 0.29) is 18.4 Å². The summed E-state index contributed by atoms with van der Waals surface area (Å²) in [6, 6.07) is 4.77. The Morgan fingerprint density at radius 1 is 1.33 bits per heavy atom. The molecule has 0 saturated carbocycles. The van der Waals surface area contributed by atoms with Gasteiger partial charge in [-0.25, -0.2) is 0 Å². The molecule has 7 nitrogen and oxygen atoms in total. The van der Waals surface area contributed by atoms with Crippen molar-refractivity contribution in [2.75, 3.05) is 13.6 Å². The van der Waals surface area contributed by atoms with Crippen LogP contribution in [0.1, 0.15) is 18.1 Å². The van der Waals surface area contributed by atoms with Gasteiger partial charge in [0, 0.05) is 13.1 Å². The quantitative estimate of drug-likeness (QED) is 0.563. The molecular formula is C16H18ClF3N4O3. The molecule has 27 heavy (non-hydrogen) atoms. The van der Waals surface area contributed by atoms with Crippen LogP contribution in [-0.4, -0.2) is 43.7 Å². The molecule has 0 aliphatic rings. The Kier molecular flexibility index (Phi) is 6.13. The third-order valence-corrected chi connectivity index (χ3v) is 4.06. The third kappa shape index (κ3) is 5.91. The summed E-state index contributed by atoms with van der Waals surface area (Å²) in [5, 5.41) is 21.2. The maximum Gasteiger partial charge on any atom is 0.416 e. The van der Waals surface area contributed by atoms with Crippen molar-refractivity contribution in [2.24, 2.45) is 0 Å². The lowest BCUT2D eigenvalue weighted by Gasteiger charge is -2.29. The van der Waals surface area contributed by atoms with Gasteiger partial charge in [0.15, 0.2) is 0 Å². The molecule has 11 heteroatoms. The lowest BCUT2D eigenvalue weighted by Crippen LogP contribution is -2.42. The average Bonchev–Trinajstić information content (AvgIpc) is 2.86. The fourth-order valence-electron chi connectivity index (χ4n) is 2.74. The zero-order valence-electron chi connectivity index (χ0n) is 14.6. The van der Waals surface area contributed by atoms with Crippen LogP contribution < -0.4 is 0 Å². The van der Waals surface area contributed by atoms with Gasteiger partial charge in [0.25, 0.3) is 0 Å². The first-order valence-corrected chi connectivity index (χ1v) is 8.19. The van der Waals surface area contributed by atoms with Gasteiger partial charge in [0.1, 0.15) is 6.20 Å². The van der Waals surface area contributed by atoms with Crippen LogP contribution in [-0.2, 0) is 19.3 Å². The first kappa shape index (κ1) is 21.1. The third-order valence-electron chi connectivity index (χ3n) is 3.76. The van der Waals surface area contributed by atoms with Crippen LogP contribution in [0.25, 0.3) is 0 Å². The molecule has 0 saturated heterocycles. The molecule has 0 amide bonds. The number of nitrogens with zero attached hydrogens (tertiary/aromatic N) is 4. The lowest BCUT2D eigenvalue weighted by molar-refractivity contribution is -0.389. The van der Waals surface area contributed by atoms with Gasteiger partial charge in [-0.1, -0.05) is 12.1 Å².